The van der Waals surface area contributed by atoms with Gasteiger partial charge in [0.05, 0.1) is 12.6 Å². The van der Waals surface area contributed by atoms with Gasteiger partial charge in [0.15, 0.2) is 0 Å². The van der Waals surface area contributed by atoms with E-state index < -0.39 is 24.9 Å². The molecule has 0 rings (SSSR count). The van der Waals surface area contributed by atoms with Crippen LogP contribution in [0.25, 0.3) is 0 Å². The number of nitrogens with one attached hydrogen (secondary N) is 1. The predicted molar refractivity (Wildman–Crippen MR) is 32.7 cm³/mol. The molecule has 60 valence electrons. The number of halogens is 2. The summed E-state index contributed by atoms with van der Waals surface area (Å²) in [5, 5.41) is 1.97. The average Bonchev–Trinajstić information content (AvgIpc) is 1.82. The average molecular weight is 152 g/mol. The molecule has 0 unspecified atom stereocenters. The van der Waals surface area contributed by atoms with E-state index in [1.54, 1.807) is 0 Å². The first-order valence-electron chi connectivity index (χ1n) is 2.85. The molecule has 0 aliphatic rings. The molecule has 0 saturated carbocycles. The quantitative estimate of drug-likeness (QED) is 0.584. The number of carbonyl (C=O) groups excluding carboxylic acids is 1. The molecule has 0 aromatic heterocycles. The summed E-state index contributed by atoms with van der Waals surface area (Å²) in [5.41, 5.74) is 5.07. The van der Waals surface area contributed by atoms with Crippen molar-refractivity contribution in [2.24, 2.45) is 5.73 Å². The number of alkyl halides is 2. The first kappa shape index (κ1) is 9.29. The Hall–Kier alpha value is -0.710. The van der Waals surface area contributed by atoms with Crippen molar-refractivity contribution >= 4 is 5.91 Å². The van der Waals surface area contributed by atoms with Crippen molar-refractivity contribution in [3.05, 3.63) is 0 Å². The molecule has 10 heavy (non-hydrogen) atoms. The fourth-order valence-electron chi connectivity index (χ4n) is 0.339. The number of hydrogen-bond acceptors (Lipinski definition) is 2. The van der Waals surface area contributed by atoms with Gasteiger partial charge in [-0.15, -0.1) is 0 Å². The highest BCUT2D eigenvalue weighted by Gasteiger charge is 2.08. The molecule has 0 aromatic carbocycles. The van der Waals surface area contributed by atoms with Gasteiger partial charge >= 0.3 is 0 Å². The van der Waals surface area contributed by atoms with Gasteiger partial charge in [0.1, 0.15) is 0 Å². The third kappa shape index (κ3) is 4.20. The van der Waals surface area contributed by atoms with Crippen LogP contribution in [0.3, 0.4) is 0 Å². The Kier molecular flexibility index (Phi) is 3.87. The maximum atomic E-state index is 11.4. The lowest BCUT2D eigenvalue weighted by molar-refractivity contribution is -0.122. The fourth-order valence-corrected chi connectivity index (χ4v) is 0.339. The van der Waals surface area contributed by atoms with Gasteiger partial charge in [0.25, 0.3) is 6.43 Å². The minimum Gasteiger partial charge on any atom is -0.349 e. The molecule has 3 N–H and O–H groups in total. The van der Waals surface area contributed by atoms with Crippen molar-refractivity contribution < 1.29 is 13.6 Å². The number of nitrogens with two attached hydrogens (primary N) is 1. The molecule has 0 spiro atoms. The van der Waals surface area contributed by atoms with Crippen LogP contribution in [0.15, 0.2) is 0 Å². The molecule has 0 heterocycles. The molecule has 0 fully saturated rings. The zero-order valence-electron chi connectivity index (χ0n) is 5.60. The van der Waals surface area contributed by atoms with Crippen LogP contribution in [0.5, 0.6) is 0 Å². The second kappa shape index (κ2) is 4.16. The Bertz CT molecular complexity index is 116. The van der Waals surface area contributed by atoms with Crippen LogP contribution in [0.1, 0.15) is 6.92 Å². The van der Waals surface area contributed by atoms with Crippen LogP contribution in [0.4, 0.5) is 8.78 Å². The largest absolute Gasteiger partial charge is 0.349 e. The maximum absolute atomic E-state index is 11.4. The molecule has 1 atom stereocenters. The van der Waals surface area contributed by atoms with Crippen molar-refractivity contribution in [3.63, 3.8) is 0 Å². The molecule has 0 aliphatic carbocycles. The fraction of sp³-hybridized carbons (Fsp3) is 0.800. The van der Waals surface area contributed by atoms with E-state index in [1.807, 2.05) is 5.32 Å². The maximum Gasteiger partial charge on any atom is 0.255 e. The van der Waals surface area contributed by atoms with E-state index in [1.165, 1.54) is 6.92 Å². The topological polar surface area (TPSA) is 55.1 Å². The summed E-state index contributed by atoms with van der Waals surface area (Å²) in [7, 11) is 0. The summed E-state index contributed by atoms with van der Waals surface area (Å²) < 4.78 is 22.8. The summed E-state index contributed by atoms with van der Waals surface area (Å²) in [6.07, 6.45) is -2.51. The summed E-state index contributed by atoms with van der Waals surface area (Å²) in [6.45, 7) is 0.807. The predicted octanol–water partition coefficient (Wildman–Crippen LogP) is -0.285. The molecule has 0 radical (unpaired) electrons. The van der Waals surface area contributed by atoms with E-state index in [0.717, 1.165) is 0 Å². The highest BCUT2D eigenvalue weighted by atomic mass is 19.3. The van der Waals surface area contributed by atoms with E-state index in [2.05, 4.69) is 0 Å². The van der Waals surface area contributed by atoms with Crippen molar-refractivity contribution in [1.29, 1.82) is 0 Å². The zero-order chi connectivity index (χ0) is 8.15. The molecule has 5 heteroatoms. The van der Waals surface area contributed by atoms with Crippen LogP contribution >= 0.6 is 0 Å². The molecular weight excluding hydrogens is 142 g/mol. The minimum atomic E-state index is -2.51. The van der Waals surface area contributed by atoms with Crippen LogP contribution in [0.2, 0.25) is 0 Å². The molecular formula is C5H10F2N2O. The molecule has 0 aromatic rings. The SMILES string of the molecule is C[C@@H](N)C(=O)NCC(F)F. The summed E-state index contributed by atoms with van der Waals surface area (Å²) >= 11 is 0. The van der Waals surface area contributed by atoms with E-state index in [-0.39, 0.29) is 0 Å². The van der Waals surface area contributed by atoms with Gasteiger partial charge in [-0.3, -0.25) is 4.79 Å². The lowest BCUT2D eigenvalue weighted by Gasteiger charge is -2.05. The Morgan fingerprint density at radius 3 is 2.50 bits per heavy atom. The summed E-state index contributed by atoms with van der Waals surface area (Å²) in [4.78, 5) is 10.5. The standard InChI is InChI=1S/C5H10F2N2O/c1-3(8)5(10)9-2-4(6)7/h3-4H,2,8H2,1H3,(H,9,10)/t3-/m1/s1. The Balaban J connectivity index is 3.40. The molecule has 1 amide bonds. The highest BCUT2D eigenvalue weighted by molar-refractivity contribution is 5.80. The number of carbonyl (C=O) groups is 1. The third-order valence-corrected chi connectivity index (χ3v) is 0.844. The third-order valence-electron chi connectivity index (χ3n) is 0.844. The van der Waals surface area contributed by atoms with Crippen molar-refractivity contribution in [2.45, 2.75) is 19.4 Å². The second-order valence-corrected chi connectivity index (χ2v) is 1.92. The van der Waals surface area contributed by atoms with Gasteiger partial charge in [-0.2, -0.15) is 0 Å². The van der Waals surface area contributed by atoms with Gasteiger partial charge < -0.3 is 11.1 Å². The first-order valence-corrected chi connectivity index (χ1v) is 2.85. The number of hydrogen-bond donors (Lipinski definition) is 2. The lowest BCUT2D eigenvalue weighted by atomic mass is 10.3. The van der Waals surface area contributed by atoms with Gasteiger partial charge in [-0.25, -0.2) is 8.78 Å². The number of rotatable bonds is 3. The van der Waals surface area contributed by atoms with E-state index in [9.17, 15) is 13.6 Å². The monoisotopic (exact) mass is 152 g/mol. The molecule has 3 nitrogen and oxygen atoms in total. The van der Waals surface area contributed by atoms with Crippen molar-refractivity contribution in [2.75, 3.05) is 6.54 Å². The Morgan fingerprint density at radius 2 is 2.20 bits per heavy atom. The van der Waals surface area contributed by atoms with E-state index in [0.29, 0.717) is 0 Å². The molecule has 0 saturated heterocycles. The first-order chi connectivity index (χ1) is 4.54. The van der Waals surface area contributed by atoms with Crippen LogP contribution in [0, 0.1) is 0 Å². The Morgan fingerprint density at radius 1 is 1.70 bits per heavy atom. The van der Waals surface area contributed by atoms with Crippen molar-refractivity contribution in [1.82, 2.24) is 5.32 Å². The van der Waals surface area contributed by atoms with Crippen LogP contribution < -0.4 is 11.1 Å². The number of amides is 1. The zero-order valence-corrected chi connectivity index (χ0v) is 5.60. The second-order valence-electron chi connectivity index (χ2n) is 1.92. The van der Waals surface area contributed by atoms with E-state index >= 15 is 0 Å². The van der Waals surface area contributed by atoms with Gasteiger partial charge in [0.2, 0.25) is 5.91 Å². The summed E-state index contributed by atoms with van der Waals surface area (Å²) in [6, 6.07) is -0.723. The van der Waals surface area contributed by atoms with Gasteiger partial charge in [0, 0.05) is 0 Å². The lowest BCUT2D eigenvalue weighted by Crippen LogP contribution is -2.40. The molecule has 0 bridgehead atoms. The Labute approximate surface area is 57.6 Å². The minimum absolute atomic E-state index is 0.555. The van der Waals surface area contributed by atoms with Crippen molar-refractivity contribution in [3.8, 4) is 0 Å². The normalized spacial score (nSPS) is 13.3. The van der Waals surface area contributed by atoms with E-state index in [4.69, 9.17) is 5.73 Å². The van der Waals surface area contributed by atoms with Gasteiger partial charge in [-0.1, -0.05) is 0 Å². The smallest absolute Gasteiger partial charge is 0.255 e. The summed E-state index contributed by atoms with van der Waals surface area (Å²) in [5.74, 6) is -0.555. The van der Waals surface area contributed by atoms with Crippen LogP contribution in [-0.2, 0) is 4.79 Å². The highest BCUT2D eigenvalue weighted by Crippen LogP contribution is 1.87. The van der Waals surface area contributed by atoms with Gasteiger partial charge in [-0.05, 0) is 6.92 Å². The molecule has 0 aliphatic heterocycles. The van der Waals surface area contributed by atoms with Crippen LogP contribution in [-0.4, -0.2) is 24.9 Å².